The van der Waals surface area contributed by atoms with Crippen LogP contribution in [0.15, 0.2) is 18.2 Å². The molecule has 0 bridgehead atoms. The fourth-order valence-electron chi connectivity index (χ4n) is 1.49. The van der Waals surface area contributed by atoms with Crippen LogP contribution in [0.25, 0.3) is 0 Å². The van der Waals surface area contributed by atoms with E-state index in [1.165, 1.54) is 6.07 Å². The second kappa shape index (κ2) is 5.78. The number of aliphatic hydroxyl groups is 1. The van der Waals surface area contributed by atoms with Crippen molar-refractivity contribution in [3.63, 3.8) is 0 Å². The van der Waals surface area contributed by atoms with E-state index in [1.54, 1.807) is 6.07 Å². The molecule has 0 radical (unpaired) electrons. The van der Waals surface area contributed by atoms with Gasteiger partial charge in [0, 0.05) is 6.61 Å². The average molecular weight is 215 g/mol. The summed E-state index contributed by atoms with van der Waals surface area (Å²) in [6.45, 7) is 0.491. The van der Waals surface area contributed by atoms with Crippen molar-refractivity contribution in [1.82, 2.24) is 0 Å². The van der Waals surface area contributed by atoms with E-state index in [0.29, 0.717) is 24.9 Å². The van der Waals surface area contributed by atoms with Crippen LogP contribution in [0.3, 0.4) is 0 Å². The molecule has 0 fully saturated rings. The molecule has 15 heavy (non-hydrogen) atoms. The van der Waals surface area contributed by atoms with Crippen LogP contribution in [0.2, 0.25) is 0 Å². The highest BCUT2D eigenvalue weighted by molar-refractivity contribution is 5.18. The van der Waals surface area contributed by atoms with Crippen molar-refractivity contribution < 1.29 is 13.9 Å². The van der Waals surface area contributed by atoms with E-state index >= 15 is 0 Å². The Balaban J connectivity index is 2.66. The van der Waals surface area contributed by atoms with Crippen molar-refractivity contribution in [2.75, 3.05) is 13.2 Å². The minimum absolute atomic E-state index is 0.0611. The Bertz CT molecular complexity index is 317. The highest BCUT2D eigenvalue weighted by atomic mass is 19.2. The van der Waals surface area contributed by atoms with Crippen LogP contribution in [0.4, 0.5) is 8.78 Å². The molecule has 1 aromatic carbocycles. The molecule has 0 spiro atoms. The molecule has 84 valence electrons. The molecule has 0 heterocycles. The first-order valence-electron chi connectivity index (χ1n) is 4.92. The van der Waals surface area contributed by atoms with Crippen molar-refractivity contribution in [2.24, 2.45) is 11.7 Å². The summed E-state index contributed by atoms with van der Waals surface area (Å²) in [6, 6.07) is 3.82. The van der Waals surface area contributed by atoms with Crippen LogP contribution in [0.1, 0.15) is 12.0 Å². The first-order chi connectivity index (χ1) is 7.17. The number of benzene rings is 1. The van der Waals surface area contributed by atoms with Crippen molar-refractivity contribution >= 4 is 0 Å². The lowest BCUT2D eigenvalue weighted by atomic mass is 9.96. The maximum absolute atomic E-state index is 12.9. The number of hydrogen-bond acceptors (Lipinski definition) is 2. The molecule has 1 rings (SSSR count). The largest absolute Gasteiger partial charge is 0.396 e. The second-order valence-corrected chi connectivity index (χ2v) is 3.57. The molecule has 2 nitrogen and oxygen atoms in total. The lowest BCUT2D eigenvalue weighted by Crippen LogP contribution is -2.18. The summed E-state index contributed by atoms with van der Waals surface area (Å²) in [5, 5.41) is 8.75. The van der Waals surface area contributed by atoms with E-state index in [4.69, 9.17) is 10.8 Å². The number of hydrogen-bond donors (Lipinski definition) is 2. The Morgan fingerprint density at radius 3 is 2.53 bits per heavy atom. The van der Waals surface area contributed by atoms with Crippen LogP contribution < -0.4 is 5.73 Å². The van der Waals surface area contributed by atoms with Gasteiger partial charge in [0.2, 0.25) is 0 Å². The second-order valence-electron chi connectivity index (χ2n) is 3.57. The topological polar surface area (TPSA) is 46.2 Å². The zero-order chi connectivity index (χ0) is 11.3. The third kappa shape index (κ3) is 3.57. The van der Waals surface area contributed by atoms with Crippen molar-refractivity contribution in [2.45, 2.75) is 12.8 Å². The molecular formula is C11H15F2NO. The van der Waals surface area contributed by atoms with E-state index in [2.05, 4.69) is 0 Å². The fraction of sp³-hybridized carbons (Fsp3) is 0.455. The van der Waals surface area contributed by atoms with Gasteiger partial charge in [-0.25, -0.2) is 8.78 Å². The van der Waals surface area contributed by atoms with Gasteiger partial charge in [0.05, 0.1) is 0 Å². The van der Waals surface area contributed by atoms with Gasteiger partial charge >= 0.3 is 0 Å². The van der Waals surface area contributed by atoms with E-state index < -0.39 is 11.6 Å². The molecular weight excluding hydrogens is 200 g/mol. The molecule has 3 N–H and O–H groups in total. The highest BCUT2D eigenvalue weighted by Crippen LogP contribution is 2.14. The summed E-state index contributed by atoms with van der Waals surface area (Å²) in [5.41, 5.74) is 6.20. The Kier molecular flexibility index (Phi) is 4.65. The summed E-state index contributed by atoms with van der Waals surface area (Å²) < 4.78 is 25.5. The Hall–Kier alpha value is -1.00. The molecule has 0 aliphatic heterocycles. The average Bonchev–Trinajstić information content (AvgIpc) is 2.23. The van der Waals surface area contributed by atoms with Gasteiger partial charge in [-0.05, 0) is 43.0 Å². The van der Waals surface area contributed by atoms with Crippen LogP contribution in [0.5, 0.6) is 0 Å². The smallest absolute Gasteiger partial charge is 0.159 e. The molecule has 0 saturated carbocycles. The molecule has 0 saturated heterocycles. The fourth-order valence-corrected chi connectivity index (χ4v) is 1.49. The predicted molar refractivity (Wildman–Crippen MR) is 54.3 cm³/mol. The van der Waals surface area contributed by atoms with Gasteiger partial charge in [0.1, 0.15) is 0 Å². The zero-order valence-electron chi connectivity index (χ0n) is 8.42. The normalized spacial score (nSPS) is 12.8. The van der Waals surface area contributed by atoms with Gasteiger partial charge in [0.15, 0.2) is 11.6 Å². The summed E-state index contributed by atoms with van der Waals surface area (Å²) in [4.78, 5) is 0. The van der Waals surface area contributed by atoms with Crippen LogP contribution in [-0.2, 0) is 6.42 Å². The van der Waals surface area contributed by atoms with Crippen LogP contribution >= 0.6 is 0 Å². The molecule has 0 aliphatic carbocycles. The van der Waals surface area contributed by atoms with Gasteiger partial charge in [-0.2, -0.15) is 0 Å². The summed E-state index contributed by atoms with van der Waals surface area (Å²) >= 11 is 0. The van der Waals surface area contributed by atoms with Crippen molar-refractivity contribution in [3.8, 4) is 0 Å². The van der Waals surface area contributed by atoms with Gasteiger partial charge in [-0.3, -0.25) is 0 Å². The lowest BCUT2D eigenvalue weighted by Gasteiger charge is -2.13. The lowest BCUT2D eigenvalue weighted by molar-refractivity contribution is 0.258. The summed E-state index contributed by atoms with van der Waals surface area (Å²) in [6.07, 6.45) is 1.14. The standard InChI is InChI=1S/C11H15F2NO/c12-10-2-1-8(6-11(10)13)5-9(7-14)3-4-15/h1-2,6,9,15H,3-5,7,14H2. The van der Waals surface area contributed by atoms with Gasteiger partial charge in [-0.15, -0.1) is 0 Å². The third-order valence-electron chi connectivity index (χ3n) is 2.38. The Morgan fingerprint density at radius 2 is 2.00 bits per heavy atom. The molecule has 0 aromatic heterocycles. The highest BCUT2D eigenvalue weighted by Gasteiger charge is 2.09. The maximum Gasteiger partial charge on any atom is 0.159 e. The third-order valence-corrected chi connectivity index (χ3v) is 2.38. The van der Waals surface area contributed by atoms with Gasteiger partial charge in [0.25, 0.3) is 0 Å². The predicted octanol–water partition coefficient (Wildman–Crippen LogP) is 1.46. The van der Waals surface area contributed by atoms with Crippen molar-refractivity contribution in [1.29, 1.82) is 0 Å². The Labute approximate surface area is 87.7 Å². The quantitative estimate of drug-likeness (QED) is 0.781. The van der Waals surface area contributed by atoms with Gasteiger partial charge in [-0.1, -0.05) is 6.07 Å². The first-order valence-corrected chi connectivity index (χ1v) is 4.92. The minimum atomic E-state index is -0.842. The number of aliphatic hydroxyl groups excluding tert-OH is 1. The van der Waals surface area contributed by atoms with Crippen molar-refractivity contribution in [3.05, 3.63) is 35.4 Å². The molecule has 1 unspecified atom stereocenters. The zero-order valence-corrected chi connectivity index (χ0v) is 8.42. The molecule has 1 atom stereocenters. The SMILES string of the molecule is NCC(CCO)Cc1ccc(F)c(F)c1. The number of nitrogens with two attached hydrogens (primary N) is 1. The van der Waals surface area contributed by atoms with Gasteiger partial charge < -0.3 is 10.8 Å². The molecule has 0 aliphatic rings. The summed E-state index contributed by atoms with van der Waals surface area (Å²) in [7, 11) is 0. The monoisotopic (exact) mass is 215 g/mol. The minimum Gasteiger partial charge on any atom is -0.396 e. The number of halogens is 2. The maximum atomic E-state index is 12.9. The Morgan fingerprint density at radius 1 is 1.27 bits per heavy atom. The molecule has 1 aromatic rings. The van der Waals surface area contributed by atoms with E-state index in [9.17, 15) is 8.78 Å². The van der Waals surface area contributed by atoms with E-state index in [-0.39, 0.29) is 12.5 Å². The molecule has 4 heteroatoms. The number of rotatable bonds is 5. The van der Waals surface area contributed by atoms with Crippen LogP contribution in [-0.4, -0.2) is 18.3 Å². The van der Waals surface area contributed by atoms with E-state index in [0.717, 1.165) is 6.07 Å². The first kappa shape index (κ1) is 12.1. The summed E-state index contributed by atoms with van der Waals surface area (Å²) in [5.74, 6) is -1.57. The van der Waals surface area contributed by atoms with Crippen LogP contribution in [0, 0.1) is 17.6 Å². The van der Waals surface area contributed by atoms with E-state index in [1.807, 2.05) is 0 Å². The molecule has 0 amide bonds.